The molecule has 2 aromatic heterocycles. The van der Waals surface area contributed by atoms with Gasteiger partial charge in [0.2, 0.25) is 11.0 Å². The molecule has 0 aliphatic heterocycles. The van der Waals surface area contributed by atoms with Gasteiger partial charge in [0.1, 0.15) is 6.07 Å². The van der Waals surface area contributed by atoms with Crippen LogP contribution in [0.15, 0.2) is 40.1 Å². The number of para-hydroxylation sites is 1. The Morgan fingerprint density at radius 3 is 2.86 bits per heavy atom. The average molecular weight is 312 g/mol. The molecule has 22 heavy (non-hydrogen) atoms. The van der Waals surface area contributed by atoms with Crippen molar-refractivity contribution >= 4 is 28.5 Å². The molecule has 0 aliphatic carbocycles. The molecule has 0 fully saturated rings. The first kappa shape index (κ1) is 14.5. The number of nitrogens with zero attached hydrogens (tertiary/aromatic N) is 2. The number of H-pyrrole nitrogens is 1. The summed E-state index contributed by atoms with van der Waals surface area (Å²) in [7, 11) is 0. The summed E-state index contributed by atoms with van der Waals surface area (Å²) >= 11 is 1.36. The van der Waals surface area contributed by atoms with Crippen LogP contribution in [-0.2, 0) is 5.41 Å². The van der Waals surface area contributed by atoms with Gasteiger partial charge in [-0.1, -0.05) is 32.9 Å². The predicted octanol–water partition coefficient (Wildman–Crippen LogP) is 4.44. The van der Waals surface area contributed by atoms with Crippen LogP contribution in [0.25, 0.3) is 10.9 Å². The number of nitriles is 1. The van der Waals surface area contributed by atoms with Crippen molar-refractivity contribution in [2.24, 2.45) is 0 Å². The Morgan fingerprint density at radius 1 is 1.36 bits per heavy atom. The summed E-state index contributed by atoms with van der Waals surface area (Å²) in [6.07, 6.45) is 3.43. The fourth-order valence-electron chi connectivity index (χ4n) is 2.09. The molecule has 112 valence electrons. The Kier molecular flexibility index (Phi) is 3.59. The first-order chi connectivity index (χ1) is 10.5. The van der Waals surface area contributed by atoms with E-state index in [1.807, 2.05) is 18.2 Å². The summed E-state index contributed by atoms with van der Waals surface area (Å²) < 4.78 is 8.98. The van der Waals surface area contributed by atoms with E-state index >= 15 is 0 Å². The van der Waals surface area contributed by atoms with Gasteiger partial charge < -0.3 is 14.1 Å². The lowest BCUT2D eigenvalue weighted by molar-refractivity contribution is 0.351. The molecule has 0 unspecified atom stereocenters. The molecule has 2 N–H and O–H groups in total. The van der Waals surface area contributed by atoms with Crippen molar-refractivity contribution in [1.29, 1.82) is 5.26 Å². The first-order valence-electron chi connectivity index (χ1n) is 6.88. The van der Waals surface area contributed by atoms with Crippen LogP contribution < -0.4 is 4.72 Å². The lowest BCUT2D eigenvalue weighted by atomic mass is 9.97. The van der Waals surface area contributed by atoms with Crippen LogP contribution >= 0.6 is 11.9 Å². The number of nitrogens with one attached hydrogen (secondary N) is 2. The Bertz CT molecular complexity index is 851. The minimum Gasteiger partial charge on any atom is -0.432 e. The van der Waals surface area contributed by atoms with Crippen molar-refractivity contribution in [2.75, 3.05) is 4.72 Å². The monoisotopic (exact) mass is 312 g/mol. The summed E-state index contributed by atoms with van der Waals surface area (Å²) in [6, 6.07) is 7.97. The van der Waals surface area contributed by atoms with Gasteiger partial charge in [0, 0.05) is 28.9 Å². The van der Waals surface area contributed by atoms with Crippen molar-refractivity contribution in [1.82, 2.24) is 9.97 Å². The summed E-state index contributed by atoms with van der Waals surface area (Å²) in [6.45, 7) is 6.18. The van der Waals surface area contributed by atoms with Gasteiger partial charge >= 0.3 is 0 Å². The number of anilines is 1. The molecule has 0 amide bonds. The predicted molar refractivity (Wildman–Crippen MR) is 87.7 cm³/mol. The smallest absolute Gasteiger partial charge is 0.201 e. The molecule has 0 atom stereocenters. The van der Waals surface area contributed by atoms with E-state index in [2.05, 4.69) is 41.5 Å². The van der Waals surface area contributed by atoms with Crippen molar-refractivity contribution < 1.29 is 4.42 Å². The van der Waals surface area contributed by atoms with E-state index in [1.165, 1.54) is 11.9 Å². The van der Waals surface area contributed by atoms with Gasteiger partial charge in [0.15, 0.2) is 0 Å². The number of hydrogen-bond acceptors (Lipinski definition) is 5. The lowest BCUT2D eigenvalue weighted by Crippen LogP contribution is -2.10. The second-order valence-corrected chi connectivity index (χ2v) is 6.79. The quantitative estimate of drug-likeness (QED) is 0.699. The molecule has 2 heterocycles. The number of hydrogen-bond donors (Lipinski definition) is 2. The van der Waals surface area contributed by atoms with E-state index in [-0.39, 0.29) is 5.41 Å². The number of fused-ring (bicyclic) bond motifs is 1. The van der Waals surface area contributed by atoms with Crippen molar-refractivity contribution in [3.63, 3.8) is 0 Å². The van der Waals surface area contributed by atoms with Gasteiger partial charge in [-0.05, 0) is 6.07 Å². The molecule has 0 spiro atoms. The second kappa shape index (κ2) is 5.43. The van der Waals surface area contributed by atoms with Crippen LogP contribution in [0.4, 0.5) is 5.69 Å². The standard InChI is InChI=1S/C16H16N4OS/c1-16(2,3)15-19-9-13(21-15)22-20-12-6-4-5-11-10(7-17)8-18-14(11)12/h4-6,8-9,18,20H,1-3H3. The highest BCUT2D eigenvalue weighted by atomic mass is 32.2. The van der Waals surface area contributed by atoms with Gasteiger partial charge in [-0.15, -0.1) is 0 Å². The SMILES string of the molecule is CC(C)(C)c1ncc(SNc2cccc3c(C#N)c[nH]c23)o1. The number of rotatable bonds is 3. The molecule has 0 bridgehead atoms. The third-order valence-corrected chi connectivity index (χ3v) is 3.94. The third kappa shape index (κ3) is 2.68. The molecule has 6 heteroatoms. The topological polar surface area (TPSA) is 77.6 Å². The molecule has 0 radical (unpaired) electrons. The highest BCUT2D eigenvalue weighted by molar-refractivity contribution is 8.00. The minimum atomic E-state index is -0.111. The summed E-state index contributed by atoms with van der Waals surface area (Å²) in [5.74, 6) is 0.710. The Morgan fingerprint density at radius 2 is 2.18 bits per heavy atom. The third-order valence-electron chi connectivity index (χ3n) is 3.22. The zero-order chi connectivity index (χ0) is 15.7. The van der Waals surface area contributed by atoms with Gasteiger partial charge in [0.05, 0.1) is 23.0 Å². The fraction of sp³-hybridized carbons (Fsp3) is 0.250. The molecule has 0 saturated heterocycles. The van der Waals surface area contributed by atoms with Crippen molar-refractivity contribution in [3.8, 4) is 6.07 Å². The van der Waals surface area contributed by atoms with E-state index in [1.54, 1.807) is 12.4 Å². The highest BCUT2D eigenvalue weighted by Gasteiger charge is 2.20. The summed E-state index contributed by atoms with van der Waals surface area (Å²) in [5, 5.41) is 10.7. The maximum atomic E-state index is 9.08. The van der Waals surface area contributed by atoms with E-state index in [0.717, 1.165) is 16.6 Å². The van der Waals surface area contributed by atoms with Crippen LogP contribution in [0.2, 0.25) is 0 Å². The van der Waals surface area contributed by atoms with Crippen LogP contribution in [0, 0.1) is 11.3 Å². The largest absolute Gasteiger partial charge is 0.432 e. The zero-order valence-corrected chi connectivity index (χ0v) is 13.4. The molecule has 3 rings (SSSR count). The van der Waals surface area contributed by atoms with Crippen LogP contribution in [0.5, 0.6) is 0 Å². The first-order valence-corrected chi connectivity index (χ1v) is 7.70. The molecule has 0 aliphatic rings. The molecule has 3 aromatic rings. The number of oxazole rings is 1. The molecule has 1 aromatic carbocycles. The van der Waals surface area contributed by atoms with Gasteiger partial charge in [-0.3, -0.25) is 0 Å². The molecular formula is C16H16N4OS. The van der Waals surface area contributed by atoms with Crippen molar-refractivity contribution in [3.05, 3.63) is 42.0 Å². The summed E-state index contributed by atoms with van der Waals surface area (Å²) in [5.41, 5.74) is 2.33. The van der Waals surface area contributed by atoms with E-state index < -0.39 is 0 Å². The molecule has 5 nitrogen and oxygen atoms in total. The van der Waals surface area contributed by atoms with E-state index in [4.69, 9.17) is 9.68 Å². The Balaban J connectivity index is 1.81. The van der Waals surface area contributed by atoms with Gasteiger partial charge in [0.25, 0.3) is 0 Å². The van der Waals surface area contributed by atoms with Gasteiger partial charge in [-0.2, -0.15) is 5.26 Å². The second-order valence-electron chi connectivity index (χ2n) is 5.98. The summed E-state index contributed by atoms with van der Waals surface area (Å²) in [4.78, 5) is 7.43. The van der Waals surface area contributed by atoms with Crippen molar-refractivity contribution in [2.45, 2.75) is 31.3 Å². The van der Waals surface area contributed by atoms with E-state index in [9.17, 15) is 0 Å². The Hall–Kier alpha value is -2.39. The van der Waals surface area contributed by atoms with Gasteiger partial charge in [-0.25, -0.2) is 4.98 Å². The number of aromatic amines is 1. The lowest BCUT2D eigenvalue weighted by Gasteiger charge is -2.12. The Labute approximate surface area is 132 Å². The number of aromatic nitrogens is 2. The van der Waals surface area contributed by atoms with Crippen LogP contribution in [0.1, 0.15) is 32.2 Å². The normalized spacial score (nSPS) is 11.5. The average Bonchev–Trinajstić information content (AvgIpc) is 3.11. The maximum absolute atomic E-state index is 9.08. The highest BCUT2D eigenvalue weighted by Crippen LogP contribution is 2.31. The maximum Gasteiger partial charge on any atom is 0.201 e. The zero-order valence-electron chi connectivity index (χ0n) is 12.6. The van der Waals surface area contributed by atoms with Crippen LogP contribution in [-0.4, -0.2) is 9.97 Å². The molecular weight excluding hydrogens is 296 g/mol. The van der Waals surface area contributed by atoms with Crippen LogP contribution in [0.3, 0.4) is 0 Å². The van der Waals surface area contributed by atoms with E-state index in [0.29, 0.717) is 16.5 Å². The number of benzene rings is 1. The minimum absolute atomic E-state index is 0.111. The molecule has 0 saturated carbocycles. The fourth-order valence-corrected chi connectivity index (χ4v) is 2.70.